The first-order chi connectivity index (χ1) is 14.4. The zero-order valence-corrected chi connectivity index (χ0v) is 18.8. The Kier molecular flexibility index (Phi) is 6.42. The first kappa shape index (κ1) is 21.7. The van der Waals surface area contributed by atoms with Gasteiger partial charge in [-0.15, -0.1) is 11.6 Å². The van der Waals surface area contributed by atoms with Gasteiger partial charge in [-0.25, -0.2) is 0 Å². The summed E-state index contributed by atoms with van der Waals surface area (Å²) in [4.78, 5) is 28.6. The minimum atomic E-state index is -0.491. The lowest BCUT2D eigenvalue weighted by Gasteiger charge is -2.37. The Labute approximate surface area is 187 Å². The molecule has 0 aromatic heterocycles. The molecule has 4 rings (SSSR count). The lowest BCUT2D eigenvalue weighted by molar-refractivity contribution is -0.135. The molecule has 2 aliphatic heterocycles. The number of rotatable bonds is 6. The number of hydrogen-bond acceptors (Lipinski definition) is 4. The number of benzene rings is 1. The Morgan fingerprint density at radius 3 is 2.80 bits per heavy atom. The number of alkyl halides is 1. The number of carbonyl (C=O) groups excluding carboxylic acids is 2. The zero-order chi connectivity index (χ0) is 21.4. The van der Waals surface area contributed by atoms with Crippen molar-refractivity contribution in [1.29, 1.82) is 0 Å². The summed E-state index contributed by atoms with van der Waals surface area (Å²) in [6.07, 6.45) is 2.61. The van der Waals surface area contributed by atoms with E-state index in [9.17, 15) is 9.59 Å². The predicted octanol–water partition coefficient (Wildman–Crippen LogP) is 4.67. The van der Waals surface area contributed by atoms with E-state index < -0.39 is 6.04 Å². The van der Waals surface area contributed by atoms with Crippen LogP contribution >= 0.6 is 23.2 Å². The third kappa shape index (κ3) is 4.12. The molecule has 162 valence electrons. The summed E-state index contributed by atoms with van der Waals surface area (Å²) in [5.41, 5.74) is 1.28. The molecule has 30 heavy (non-hydrogen) atoms. The molecule has 1 aromatic rings. The number of halogens is 2. The van der Waals surface area contributed by atoms with Crippen LogP contribution in [0.25, 0.3) is 0 Å². The normalized spacial score (nSPS) is 28.6. The Morgan fingerprint density at radius 1 is 1.27 bits per heavy atom. The third-order valence-corrected chi connectivity index (χ3v) is 6.67. The molecule has 0 saturated heterocycles. The van der Waals surface area contributed by atoms with Gasteiger partial charge in [0.1, 0.15) is 6.10 Å². The van der Waals surface area contributed by atoms with E-state index in [2.05, 4.69) is 0 Å². The van der Waals surface area contributed by atoms with Crippen molar-refractivity contribution >= 4 is 34.9 Å². The Bertz CT molecular complexity index is 869. The van der Waals surface area contributed by atoms with Gasteiger partial charge in [-0.3, -0.25) is 9.59 Å². The van der Waals surface area contributed by atoms with Crippen LogP contribution in [0.1, 0.15) is 51.1 Å². The molecule has 2 heterocycles. The Morgan fingerprint density at radius 2 is 2.07 bits per heavy atom. The van der Waals surface area contributed by atoms with E-state index in [-0.39, 0.29) is 41.0 Å². The molecule has 1 aliphatic carbocycles. The molecule has 0 spiro atoms. The van der Waals surface area contributed by atoms with Gasteiger partial charge in [-0.2, -0.15) is 0 Å². The maximum Gasteiger partial charge on any atom is 0.290 e. The maximum atomic E-state index is 13.5. The fourth-order valence-corrected chi connectivity index (χ4v) is 5.19. The van der Waals surface area contributed by atoms with E-state index in [1.54, 1.807) is 11.0 Å². The van der Waals surface area contributed by atoms with Crippen molar-refractivity contribution in [3.05, 3.63) is 46.2 Å². The first-order valence-corrected chi connectivity index (χ1v) is 11.5. The molecule has 3 aliphatic rings. The van der Waals surface area contributed by atoms with E-state index in [0.29, 0.717) is 43.0 Å². The molecule has 4 unspecified atom stereocenters. The molecular weight excluding hydrogens is 425 g/mol. The van der Waals surface area contributed by atoms with Crippen LogP contribution in [0.5, 0.6) is 0 Å². The topological polar surface area (TPSA) is 55.8 Å². The van der Waals surface area contributed by atoms with E-state index in [0.717, 1.165) is 12.0 Å². The highest BCUT2D eigenvalue weighted by atomic mass is 35.5. The first-order valence-electron chi connectivity index (χ1n) is 10.6. The number of ketones is 1. The molecule has 7 heteroatoms. The predicted molar refractivity (Wildman–Crippen MR) is 115 cm³/mol. The Balaban J connectivity index is 1.66. The van der Waals surface area contributed by atoms with Crippen LogP contribution in [-0.2, 0) is 19.1 Å². The van der Waals surface area contributed by atoms with Gasteiger partial charge < -0.3 is 14.4 Å². The van der Waals surface area contributed by atoms with Crippen molar-refractivity contribution in [2.45, 2.75) is 63.2 Å². The van der Waals surface area contributed by atoms with Crippen LogP contribution < -0.4 is 0 Å². The summed E-state index contributed by atoms with van der Waals surface area (Å²) >= 11 is 12.6. The summed E-state index contributed by atoms with van der Waals surface area (Å²) in [7, 11) is 0. The van der Waals surface area contributed by atoms with E-state index >= 15 is 0 Å². The van der Waals surface area contributed by atoms with Gasteiger partial charge in [0.2, 0.25) is 0 Å². The molecule has 1 aromatic carbocycles. The van der Waals surface area contributed by atoms with Gasteiger partial charge in [0.25, 0.3) is 5.91 Å². The van der Waals surface area contributed by atoms with Gasteiger partial charge >= 0.3 is 0 Å². The standard InChI is InChI=1S/C23H27Cl2NO4/c1-13(2)29-10-4-9-26-20(14-5-3-6-15(24)11-14)19-21(27)17-12-16(25)7-8-18(17)30-22(19)23(26)28/h3,5-6,11,13,16-18,20H,4,7-10,12H2,1-2H3. The maximum absolute atomic E-state index is 13.5. The van der Waals surface area contributed by atoms with Crippen LogP contribution in [0.4, 0.5) is 0 Å². The smallest absolute Gasteiger partial charge is 0.290 e. The van der Waals surface area contributed by atoms with E-state index in [1.807, 2.05) is 32.0 Å². The minimum Gasteiger partial charge on any atom is -0.483 e. The average Bonchev–Trinajstić information content (AvgIpc) is 2.98. The van der Waals surface area contributed by atoms with Crippen molar-refractivity contribution in [2.75, 3.05) is 13.2 Å². The van der Waals surface area contributed by atoms with Crippen molar-refractivity contribution in [3.63, 3.8) is 0 Å². The number of amides is 1. The molecule has 0 radical (unpaired) electrons. The van der Waals surface area contributed by atoms with Crippen LogP contribution in [0.2, 0.25) is 5.02 Å². The van der Waals surface area contributed by atoms with Crippen LogP contribution in [0.15, 0.2) is 35.6 Å². The largest absolute Gasteiger partial charge is 0.483 e. The average molecular weight is 452 g/mol. The summed E-state index contributed by atoms with van der Waals surface area (Å²) in [6, 6.07) is 6.86. The lowest BCUT2D eigenvalue weighted by Crippen LogP contribution is -2.41. The fraction of sp³-hybridized carbons (Fsp3) is 0.565. The van der Waals surface area contributed by atoms with Crippen molar-refractivity contribution in [1.82, 2.24) is 4.90 Å². The zero-order valence-electron chi connectivity index (χ0n) is 17.3. The summed E-state index contributed by atoms with van der Waals surface area (Å²) in [6.45, 7) is 4.98. The van der Waals surface area contributed by atoms with E-state index in [1.165, 1.54) is 0 Å². The highest BCUT2D eigenvalue weighted by Crippen LogP contribution is 2.47. The molecule has 1 saturated carbocycles. The number of ether oxygens (including phenoxy) is 2. The SMILES string of the molecule is CC(C)OCCCN1C(=O)C2=C(C(=O)C3CC(Cl)CCC3O2)C1c1cccc(Cl)c1. The number of Topliss-reactive ketones (excluding diaryl/α,β-unsaturated/α-hetero) is 1. The van der Waals surface area contributed by atoms with Gasteiger partial charge in [-0.05, 0) is 57.2 Å². The van der Waals surface area contributed by atoms with Gasteiger partial charge in [-0.1, -0.05) is 23.7 Å². The summed E-state index contributed by atoms with van der Waals surface area (Å²) < 4.78 is 11.8. The summed E-state index contributed by atoms with van der Waals surface area (Å²) in [5.74, 6) is -0.312. The third-order valence-electron chi connectivity index (χ3n) is 6.04. The van der Waals surface area contributed by atoms with Crippen LogP contribution in [-0.4, -0.2) is 47.3 Å². The molecule has 4 atom stereocenters. The van der Waals surface area contributed by atoms with Gasteiger partial charge in [0.05, 0.1) is 23.6 Å². The number of hydrogen-bond donors (Lipinski definition) is 0. The van der Waals surface area contributed by atoms with Crippen molar-refractivity contribution < 1.29 is 19.1 Å². The lowest BCUT2D eigenvalue weighted by atomic mass is 9.77. The van der Waals surface area contributed by atoms with Crippen LogP contribution in [0.3, 0.4) is 0 Å². The minimum absolute atomic E-state index is 0.00847. The second kappa shape index (κ2) is 8.89. The molecule has 5 nitrogen and oxygen atoms in total. The van der Waals surface area contributed by atoms with Crippen molar-refractivity contribution in [2.24, 2.45) is 5.92 Å². The number of carbonyl (C=O) groups is 2. The molecule has 0 bridgehead atoms. The fourth-order valence-electron chi connectivity index (χ4n) is 4.67. The monoisotopic (exact) mass is 451 g/mol. The van der Waals surface area contributed by atoms with Crippen LogP contribution in [0, 0.1) is 5.92 Å². The Hall–Kier alpha value is -1.56. The quantitative estimate of drug-likeness (QED) is 0.465. The molecule has 0 N–H and O–H groups in total. The highest BCUT2D eigenvalue weighted by molar-refractivity contribution is 6.30. The second-order valence-corrected chi connectivity index (χ2v) is 9.56. The van der Waals surface area contributed by atoms with Gasteiger partial charge in [0, 0.05) is 23.6 Å². The molecule has 1 amide bonds. The van der Waals surface area contributed by atoms with Crippen molar-refractivity contribution in [3.8, 4) is 0 Å². The highest BCUT2D eigenvalue weighted by Gasteiger charge is 2.52. The molecule has 1 fully saturated rings. The number of fused-ring (bicyclic) bond motifs is 1. The summed E-state index contributed by atoms with van der Waals surface area (Å²) in [5, 5.41) is 0.532. The molecular formula is C23H27Cl2NO4. The number of nitrogens with zero attached hydrogens (tertiary/aromatic N) is 1. The van der Waals surface area contributed by atoms with Gasteiger partial charge in [0.15, 0.2) is 11.5 Å². The second-order valence-electron chi connectivity index (χ2n) is 8.51. The van der Waals surface area contributed by atoms with E-state index in [4.69, 9.17) is 32.7 Å².